The maximum Gasteiger partial charge on any atom is 0.314 e. The van der Waals surface area contributed by atoms with Gasteiger partial charge in [-0.05, 0) is 18.6 Å². The molecule has 100 valence electrons. The second-order valence-electron chi connectivity index (χ2n) is 4.74. The van der Waals surface area contributed by atoms with Crippen molar-refractivity contribution >= 4 is 23.0 Å². The number of primary amides is 1. The van der Waals surface area contributed by atoms with Gasteiger partial charge in [0.25, 0.3) is 0 Å². The first kappa shape index (κ1) is 11.8. The summed E-state index contributed by atoms with van der Waals surface area (Å²) in [4.78, 5) is 23.0. The number of aromatic nitrogens is 2. The molecule has 0 unspecified atom stereocenters. The molecule has 3 N–H and O–H groups in total. The van der Waals surface area contributed by atoms with Crippen molar-refractivity contribution in [3.8, 4) is 0 Å². The highest BCUT2D eigenvalue weighted by atomic mass is 16.2. The van der Waals surface area contributed by atoms with Gasteiger partial charge in [0.1, 0.15) is 0 Å². The van der Waals surface area contributed by atoms with Crippen LogP contribution in [0.2, 0.25) is 0 Å². The molecule has 1 saturated heterocycles. The molecular formula is C13H17N5O. The van der Waals surface area contributed by atoms with Gasteiger partial charge in [0, 0.05) is 26.2 Å². The van der Waals surface area contributed by atoms with Crippen LogP contribution in [0.25, 0.3) is 11.0 Å². The van der Waals surface area contributed by atoms with Gasteiger partial charge in [-0.3, -0.25) is 0 Å². The van der Waals surface area contributed by atoms with Gasteiger partial charge in [-0.2, -0.15) is 0 Å². The van der Waals surface area contributed by atoms with Crippen molar-refractivity contribution in [1.82, 2.24) is 14.9 Å². The highest BCUT2D eigenvalue weighted by Gasteiger charge is 2.19. The molecule has 1 aromatic carbocycles. The molecule has 0 atom stereocenters. The van der Waals surface area contributed by atoms with Crippen LogP contribution in [-0.4, -0.2) is 47.1 Å². The Kier molecular flexibility index (Phi) is 2.98. The Morgan fingerprint density at radius 2 is 2.05 bits per heavy atom. The van der Waals surface area contributed by atoms with Crippen LogP contribution in [0.1, 0.15) is 6.42 Å². The summed E-state index contributed by atoms with van der Waals surface area (Å²) < 4.78 is 0. The number of nitrogens with one attached hydrogen (secondary N) is 1. The molecule has 0 bridgehead atoms. The maximum atomic E-state index is 11.2. The minimum absolute atomic E-state index is 0.341. The van der Waals surface area contributed by atoms with Gasteiger partial charge in [-0.1, -0.05) is 12.1 Å². The normalized spacial score (nSPS) is 16.6. The van der Waals surface area contributed by atoms with Crippen molar-refractivity contribution in [3.63, 3.8) is 0 Å². The van der Waals surface area contributed by atoms with E-state index < -0.39 is 0 Å². The zero-order chi connectivity index (χ0) is 13.2. The summed E-state index contributed by atoms with van der Waals surface area (Å²) in [5.74, 6) is 0.868. The molecule has 0 aliphatic carbocycles. The minimum Gasteiger partial charge on any atom is -0.351 e. The van der Waals surface area contributed by atoms with E-state index in [1.807, 2.05) is 24.3 Å². The number of nitrogens with zero attached hydrogens (tertiary/aromatic N) is 3. The largest absolute Gasteiger partial charge is 0.351 e. The Bertz CT molecular complexity index is 560. The number of H-pyrrole nitrogens is 1. The second kappa shape index (κ2) is 4.79. The molecule has 6 heteroatoms. The number of imidazole rings is 1. The Hall–Kier alpha value is -2.24. The molecule has 1 aliphatic rings. The smallest absolute Gasteiger partial charge is 0.314 e. The molecule has 2 amide bonds. The zero-order valence-corrected chi connectivity index (χ0v) is 10.7. The van der Waals surface area contributed by atoms with E-state index in [2.05, 4.69) is 14.9 Å². The Labute approximate surface area is 111 Å². The van der Waals surface area contributed by atoms with Gasteiger partial charge in [0.05, 0.1) is 11.0 Å². The van der Waals surface area contributed by atoms with Crippen LogP contribution in [0, 0.1) is 0 Å². The molecule has 0 radical (unpaired) electrons. The number of para-hydroxylation sites is 2. The van der Waals surface area contributed by atoms with E-state index in [4.69, 9.17) is 5.73 Å². The molecule has 0 saturated carbocycles. The van der Waals surface area contributed by atoms with Crippen molar-refractivity contribution in [2.75, 3.05) is 31.1 Å². The summed E-state index contributed by atoms with van der Waals surface area (Å²) in [5.41, 5.74) is 7.33. The molecule has 3 rings (SSSR count). The van der Waals surface area contributed by atoms with Crippen molar-refractivity contribution in [1.29, 1.82) is 0 Å². The molecule has 2 aromatic rings. The molecule has 6 nitrogen and oxygen atoms in total. The highest BCUT2D eigenvalue weighted by Crippen LogP contribution is 2.18. The van der Waals surface area contributed by atoms with Gasteiger partial charge in [0.15, 0.2) is 0 Å². The van der Waals surface area contributed by atoms with Crippen molar-refractivity contribution < 1.29 is 4.79 Å². The monoisotopic (exact) mass is 259 g/mol. The van der Waals surface area contributed by atoms with Crippen LogP contribution in [0.5, 0.6) is 0 Å². The number of benzene rings is 1. The first-order chi connectivity index (χ1) is 9.24. The first-order valence-electron chi connectivity index (χ1n) is 6.48. The van der Waals surface area contributed by atoms with Crippen LogP contribution in [0.4, 0.5) is 10.7 Å². The van der Waals surface area contributed by atoms with Crippen LogP contribution in [0.15, 0.2) is 24.3 Å². The molecule has 19 heavy (non-hydrogen) atoms. The summed E-state index contributed by atoms with van der Waals surface area (Å²) in [6, 6.07) is 7.63. The predicted octanol–water partition coefficient (Wildman–Crippen LogP) is 1.15. The third-order valence-electron chi connectivity index (χ3n) is 3.48. The van der Waals surface area contributed by atoms with Gasteiger partial charge in [-0.15, -0.1) is 0 Å². The average molecular weight is 259 g/mol. The van der Waals surface area contributed by atoms with Crippen LogP contribution >= 0.6 is 0 Å². The number of aromatic amines is 1. The zero-order valence-electron chi connectivity index (χ0n) is 10.7. The summed E-state index contributed by atoms with van der Waals surface area (Å²) in [5, 5.41) is 0. The van der Waals surface area contributed by atoms with E-state index in [1.165, 1.54) is 0 Å². The van der Waals surface area contributed by atoms with Gasteiger partial charge in [-0.25, -0.2) is 9.78 Å². The maximum absolute atomic E-state index is 11.2. The predicted molar refractivity (Wildman–Crippen MR) is 74.1 cm³/mol. The lowest BCUT2D eigenvalue weighted by Gasteiger charge is -2.20. The number of rotatable bonds is 1. The fourth-order valence-corrected chi connectivity index (χ4v) is 2.44. The fourth-order valence-electron chi connectivity index (χ4n) is 2.44. The third kappa shape index (κ3) is 2.33. The van der Waals surface area contributed by atoms with E-state index in [1.54, 1.807) is 4.90 Å². The van der Waals surface area contributed by atoms with Crippen molar-refractivity contribution in [2.24, 2.45) is 5.73 Å². The van der Waals surface area contributed by atoms with Crippen LogP contribution < -0.4 is 10.6 Å². The van der Waals surface area contributed by atoms with Crippen molar-refractivity contribution in [3.05, 3.63) is 24.3 Å². The topological polar surface area (TPSA) is 78.2 Å². The lowest BCUT2D eigenvalue weighted by atomic mass is 10.3. The number of hydrogen-bond acceptors (Lipinski definition) is 3. The van der Waals surface area contributed by atoms with E-state index in [0.29, 0.717) is 13.1 Å². The average Bonchev–Trinajstić information content (AvgIpc) is 2.67. The lowest BCUT2D eigenvalue weighted by Crippen LogP contribution is -2.38. The number of fused-ring (bicyclic) bond motifs is 1. The van der Waals surface area contributed by atoms with E-state index >= 15 is 0 Å². The Balaban J connectivity index is 1.80. The number of nitrogens with two attached hydrogens (primary N) is 1. The van der Waals surface area contributed by atoms with Crippen molar-refractivity contribution in [2.45, 2.75) is 6.42 Å². The van der Waals surface area contributed by atoms with Gasteiger partial charge >= 0.3 is 6.03 Å². The number of urea groups is 1. The Morgan fingerprint density at radius 3 is 2.84 bits per heavy atom. The number of amides is 2. The van der Waals surface area contributed by atoms with Gasteiger partial charge < -0.3 is 20.5 Å². The Morgan fingerprint density at radius 1 is 1.21 bits per heavy atom. The summed E-state index contributed by atoms with van der Waals surface area (Å²) in [7, 11) is 0. The SMILES string of the molecule is NC(=O)N1CCCN(c2nc3ccccc3[nH]2)CC1. The summed E-state index contributed by atoms with van der Waals surface area (Å²) in [6.45, 7) is 2.99. The van der Waals surface area contributed by atoms with Crippen LogP contribution in [-0.2, 0) is 0 Å². The molecule has 2 heterocycles. The van der Waals surface area contributed by atoms with Gasteiger partial charge in [0.2, 0.25) is 5.95 Å². The first-order valence-corrected chi connectivity index (χ1v) is 6.48. The lowest BCUT2D eigenvalue weighted by molar-refractivity contribution is 0.211. The fraction of sp³-hybridized carbons (Fsp3) is 0.385. The number of anilines is 1. The minimum atomic E-state index is -0.341. The number of carbonyl (C=O) groups is 1. The molecule has 1 aromatic heterocycles. The second-order valence-corrected chi connectivity index (χ2v) is 4.74. The highest BCUT2D eigenvalue weighted by molar-refractivity contribution is 5.77. The van der Waals surface area contributed by atoms with E-state index in [0.717, 1.165) is 36.5 Å². The standard InChI is InChI=1S/C13H17N5O/c14-12(19)17-6-3-7-18(9-8-17)13-15-10-4-1-2-5-11(10)16-13/h1-2,4-5H,3,6-9H2,(H2,14,19)(H,15,16). The molecule has 1 aliphatic heterocycles. The third-order valence-corrected chi connectivity index (χ3v) is 3.48. The molecular weight excluding hydrogens is 242 g/mol. The van der Waals surface area contributed by atoms with E-state index in [9.17, 15) is 4.79 Å². The molecule has 0 spiro atoms. The number of hydrogen-bond donors (Lipinski definition) is 2. The quantitative estimate of drug-likeness (QED) is 0.806. The van der Waals surface area contributed by atoms with Crippen LogP contribution in [0.3, 0.4) is 0 Å². The summed E-state index contributed by atoms with van der Waals surface area (Å²) in [6.07, 6.45) is 0.903. The molecule has 1 fully saturated rings. The summed E-state index contributed by atoms with van der Waals surface area (Å²) >= 11 is 0. The number of carbonyl (C=O) groups excluding carboxylic acids is 1. The van der Waals surface area contributed by atoms with E-state index in [-0.39, 0.29) is 6.03 Å².